The maximum Gasteiger partial charge on any atom is 0.401 e. The molecule has 1 fully saturated rings. The lowest BCUT2D eigenvalue weighted by atomic mass is 10.2. The molecule has 1 aromatic rings. The lowest BCUT2D eigenvalue weighted by Crippen LogP contribution is -2.33. The third-order valence-electron chi connectivity index (χ3n) is 3.46. The summed E-state index contributed by atoms with van der Waals surface area (Å²) in [7, 11) is 0. The molecule has 1 saturated carbocycles. The first-order valence-electron chi connectivity index (χ1n) is 6.98. The average Bonchev–Trinajstić information content (AvgIpc) is 3.10. The van der Waals surface area contributed by atoms with E-state index in [-0.39, 0.29) is 6.54 Å². The molecule has 6 heteroatoms. The molecule has 114 valence electrons. The van der Waals surface area contributed by atoms with Crippen LogP contribution in [-0.2, 0) is 13.1 Å². The highest BCUT2D eigenvalue weighted by atomic mass is 19.4. The average molecular weight is 290 g/mol. The molecule has 0 unspecified atom stereocenters. The van der Waals surface area contributed by atoms with Crippen LogP contribution in [0.1, 0.15) is 36.8 Å². The first kappa shape index (κ1) is 15.4. The molecule has 1 aliphatic rings. The zero-order valence-corrected chi connectivity index (χ0v) is 11.9. The maximum atomic E-state index is 12.4. The summed E-state index contributed by atoms with van der Waals surface area (Å²) in [5.41, 5.74) is 0.837. The lowest BCUT2D eigenvalue weighted by molar-refractivity contribution is -0.146. The van der Waals surface area contributed by atoms with Crippen molar-refractivity contribution in [1.82, 2.24) is 10.2 Å². The molecular weight excluding hydrogens is 269 g/mol. The molecule has 0 saturated heterocycles. The van der Waals surface area contributed by atoms with Gasteiger partial charge in [0.25, 0.3) is 0 Å². The Balaban J connectivity index is 1.92. The van der Waals surface area contributed by atoms with Crippen LogP contribution in [0.4, 0.5) is 13.2 Å². The van der Waals surface area contributed by atoms with Crippen LogP contribution in [-0.4, -0.2) is 30.2 Å². The molecule has 0 bridgehead atoms. The molecule has 0 spiro atoms. The Bertz CT molecular complexity index is 438. The van der Waals surface area contributed by atoms with Gasteiger partial charge in [-0.2, -0.15) is 13.2 Å². The van der Waals surface area contributed by atoms with E-state index in [0.717, 1.165) is 11.3 Å². The van der Waals surface area contributed by atoms with Crippen molar-refractivity contribution in [3.05, 3.63) is 23.2 Å². The van der Waals surface area contributed by atoms with E-state index >= 15 is 0 Å². The summed E-state index contributed by atoms with van der Waals surface area (Å²) < 4.78 is 42.9. The van der Waals surface area contributed by atoms with Crippen LogP contribution in [0.3, 0.4) is 0 Å². The summed E-state index contributed by atoms with van der Waals surface area (Å²) in [6, 6.07) is 2.45. The third kappa shape index (κ3) is 4.83. The second-order valence-electron chi connectivity index (χ2n) is 5.37. The summed E-state index contributed by atoms with van der Waals surface area (Å²) >= 11 is 0. The van der Waals surface area contributed by atoms with Crippen molar-refractivity contribution in [2.24, 2.45) is 0 Å². The van der Waals surface area contributed by atoms with Crippen LogP contribution in [0, 0.1) is 6.92 Å². The van der Waals surface area contributed by atoms with E-state index in [9.17, 15) is 13.2 Å². The van der Waals surface area contributed by atoms with Crippen LogP contribution in [0.15, 0.2) is 10.5 Å². The second-order valence-corrected chi connectivity index (χ2v) is 5.37. The standard InChI is InChI=1S/C14H21F3N2O/c1-3-19(9-14(15,16)17)8-11-6-13(20-10(11)2)7-18-12-4-5-12/h6,12,18H,3-5,7-9H2,1-2H3. The zero-order valence-electron chi connectivity index (χ0n) is 11.9. The highest BCUT2D eigenvalue weighted by Gasteiger charge is 2.30. The van der Waals surface area contributed by atoms with Gasteiger partial charge in [-0.05, 0) is 32.4 Å². The predicted octanol–water partition coefficient (Wildman–Crippen LogP) is 3.22. The van der Waals surface area contributed by atoms with Crippen molar-refractivity contribution in [3.63, 3.8) is 0 Å². The Hall–Kier alpha value is -1.01. The number of aryl methyl sites for hydroxylation is 1. The SMILES string of the molecule is CCN(Cc1cc(CNC2CC2)oc1C)CC(F)(F)F. The minimum Gasteiger partial charge on any atom is -0.465 e. The van der Waals surface area contributed by atoms with Crippen molar-refractivity contribution in [2.75, 3.05) is 13.1 Å². The molecule has 0 aliphatic heterocycles. The van der Waals surface area contributed by atoms with E-state index in [1.807, 2.05) is 6.07 Å². The number of nitrogens with one attached hydrogen (secondary N) is 1. The van der Waals surface area contributed by atoms with Gasteiger partial charge >= 0.3 is 6.18 Å². The molecule has 0 radical (unpaired) electrons. The fraction of sp³-hybridized carbons (Fsp3) is 0.714. The van der Waals surface area contributed by atoms with Crippen molar-refractivity contribution >= 4 is 0 Å². The molecule has 0 atom stereocenters. The van der Waals surface area contributed by atoms with Gasteiger partial charge in [0.15, 0.2) is 0 Å². The van der Waals surface area contributed by atoms with Gasteiger partial charge in [0.2, 0.25) is 0 Å². The number of nitrogens with zero attached hydrogens (tertiary/aromatic N) is 1. The van der Waals surface area contributed by atoms with Crippen molar-refractivity contribution in [3.8, 4) is 0 Å². The van der Waals surface area contributed by atoms with Crippen LogP contribution in [0.25, 0.3) is 0 Å². The summed E-state index contributed by atoms with van der Waals surface area (Å²) in [6.07, 6.45) is -1.77. The van der Waals surface area contributed by atoms with Crippen molar-refractivity contribution < 1.29 is 17.6 Å². The highest BCUT2D eigenvalue weighted by molar-refractivity contribution is 5.21. The van der Waals surface area contributed by atoms with Gasteiger partial charge in [0.1, 0.15) is 11.5 Å². The predicted molar refractivity (Wildman–Crippen MR) is 70.3 cm³/mol. The quantitative estimate of drug-likeness (QED) is 0.836. The molecular formula is C14H21F3N2O. The lowest BCUT2D eigenvalue weighted by Gasteiger charge is -2.21. The number of hydrogen-bond acceptors (Lipinski definition) is 3. The number of rotatable bonds is 7. The van der Waals surface area contributed by atoms with Gasteiger partial charge in [0, 0.05) is 18.2 Å². The molecule has 0 amide bonds. The largest absolute Gasteiger partial charge is 0.465 e. The van der Waals surface area contributed by atoms with Gasteiger partial charge in [-0.3, -0.25) is 4.90 Å². The number of furan rings is 1. The van der Waals surface area contributed by atoms with E-state index in [0.29, 0.717) is 24.9 Å². The smallest absolute Gasteiger partial charge is 0.401 e. The zero-order chi connectivity index (χ0) is 14.8. The molecule has 3 nitrogen and oxygen atoms in total. The summed E-state index contributed by atoms with van der Waals surface area (Å²) in [5.74, 6) is 1.51. The van der Waals surface area contributed by atoms with E-state index in [4.69, 9.17) is 4.42 Å². The van der Waals surface area contributed by atoms with Gasteiger partial charge in [-0.25, -0.2) is 0 Å². The van der Waals surface area contributed by atoms with Crippen molar-refractivity contribution in [2.45, 2.75) is 52.0 Å². The summed E-state index contributed by atoms with van der Waals surface area (Å²) in [5, 5.41) is 3.33. The maximum absolute atomic E-state index is 12.4. The highest BCUT2D eigenvalue weighted by Crippen LogP contribution is 2.23. The monoisotopic (exact) mass is 290 g/mol. The Labute approximate surface area is 117 Å². The first-order chi connectivity index (χ1) is 9.37. The Kier molecular flexibility index (Phi) is 4.75. The van der Waals surface area contributed by atoms with E-state index in [1.54, 1.807) is 13.8 Å². The topological polar surface area (TPSA) is 28.4 Å². The number of hydrogen-bond donors (Lipinski definition) is 1. The minimum atomic E-state index is -4.16. The fourth-order valence-corrected chi connectivity index (χ4v) is 2.14. The van der Waals surface area contributed by atoms with Crippen LogP contribution < -0.4 is 5.32 Å². The fourth-order valence-electron chi connectivity index (χ4n) is 2.14. The van der Waals surface area contributed by atoms with E-state index < -0.39 is 12.7 Å². The third-order valence-corrected chi connectivity index (χ3v) is 3.46. The molecule has 1 heterocycles. The van der Waals surface area contributed by atoms with E-state index in [2.05, 4.69) is 5.32 Å². The molecule has 2 rings (SSSR count). The van der Waals surface area contributed by atoms with Crippen LogP contribution in [0.2, 0.25) is 0 Å². The minimum absolute atomic E-state index is 0.273. The second kappa shape index (κ2) is 6.18. The van der Waals surface area contributed by atoms with Gasteiger partial charge in [-0.15, -0.1) is 0 Å². The molecule has 1 aliphatic carbocycles. The Morgan fingerprint density at radius 2 is 2.10 bits per heavy atom. The van der Waals surface area contributed by atoms with Gasteiger partial charge in [-0.1, -0.05) is 6.92 Å². The van der Waals surface area contributed by atoms with Gasteiger partial charge in [0.05, 0.1) is 13.1 Å². The molecule has 0 aromatic carbocycles. The van der Waals surface area contributed by atoms with Crippen LogP contribution >= 0.6 is 0 Å². The molecule has 1 aromatic heterocycles. The van der Waals surface area contributed by atoms with Crippen LogP contribution in [0.5, 0.6) is 0 Å². The normalized spacial score (nSPS) is 16.1. The Morgan fingerprint density at radius 1 is 1.40 bits per heavy atom. The molecule has 20 heavy (non-hydrogen) atoms. The number of halogens is 3. The number of alkyl halides is 3. The molecule has 1 N–H and O–H groups in total. The van der Waals surface area contributed by atoms with Gasteiger partial charge < -0.3 is 9.73 Å². The summed E-state index contributed by atoms with van der Waals surface area (Å²) in [4.78, 5) is 1.37. The first-order valence-corrected chi connectivity index (χ1v) is 6.98. The Morgan fingerprint density at radius 3 is 2.65 bits per heavy atom. The summed E-state index contributed by atoms with van der Waals surface area (Å²) in [6.45, 7) is 3.93. The van der Waals surface area contributed by atoms with Crippen molar-refractivity contribution in [1.29, 1.82) is 0 Å². The van der Waals surface area contributed by atoms with E-state index in [1.165, 1.54) is 17.7 Å².